The molecule has 0 N–H and O–H groups in total. The fourth-order valence-electron chi connectivity index (χ4n) is 3.03. The van der Waals surface area contributed by atoms with Crippen LogP contribution in [0, 0.1) is 17.8 Å². The van der Waals surface area contributed by atoms with E-state index in [1.165, 1.54) is 19.3 Å². The second kappa shape index (κ2) is 5.50. The number of hydrogen-bond acceptors (Lipinski definition) is 2. The Morgan fingerprint density at radius 3 is 2.62 bits per heavy atom. The van der Waals surface area contributed by atoms with Crippen molar-refractivity contribution in [3.8, 4) is 0 Å². The molecule has 0 radical (unpaired) electrons. The van der Waals surface area contributed by atoms with Crippen LogP contribution in [0.3, 0.4) is 0 Å². The van der Waals surface area contributed by atoms with Gasteiger partial charge in [0.25, 0.3) is 0 Å². The molecular weight excluding hydrogens is 270 g/mol. The lowest BCUT2D eigenvalue weighted by atomic mass is 10.1. The highest BCUT2D eigenvalue weighted by Gasteiger charge is 2.57. The average molecular weight is 290 g/mol. The third kappa shape index (κ3) is 2.43. The van der Waals surface area contributed by atoms with Crippen LogP contribution in [-0.2, 0) is 9.53 Å². The summed E-state index contributed by atoms with van der Waals surface area (Å²) in [5, 5.41) is 0.852. The predicted octanol–water partition coefficient (Wildman–Crippen LogP) is 1.90. The molecule has 0 saturated heterocycles. The summed E-state index contributed by atoms with van der Waals surface area (Å²) in [7, 11) is 1.68. The molecule has 0 spiro atoms. The summed E-state index contributed by atoms with van der Waals surface area (Å²) in [6, 6.07) is 0. The van der Waals surface area contributed by atoms with Crippen LogP contribution in [0.1, 0.15) is 19.3 Å². The van der Waals surface area contributed by atoms with Gasteiger partial charge in [0.1, 0.15) is 0 Å². The van der Waals surface area contributed by atoms with Crippen molar-refractivity contribution in [2.45, 2.75) is 19.3 Å². The first kappa shape index (κ1) is 12.4. The van der Waals surface area contributed by atoms with Gasteiger partial charge < -0.3 is 9.64 Å². The van der Waals surface area contributed by atoms with E-state index >= 15 is 0 Å². The first-order chi connectivity index (χ1) is 7.79. The van der Waals surface area contributed by atoms with Gasteiger partial charge >= 0.3 is 0 Å². The lowest BCUT2D eigenvalue weighted by molar-refractivity contribution is -0.133. The zero-order valence-electron chi connectivity index (χ0n) is 9.82. The van der Waals surface area contributed by atoms with Gasteiger partial charge in [0, 0.05) is 31.4 Å². The molecule has 0 aromatic heterocycles. The number of hydrogen-bond donors (Lipinski definition) is 0. The molecule has 2 saturated carbocycles. The molecule has 2 aliphatic rings. The number of carbonyl (C=O) groups excluding carboxylic acids is 1. The van der Waals surface area contributed by atoms with E-state index in [4.69, 9.17) is 4.74 Å². The van der Waals surface area contributed by atoms with Crippen molar-refractivity contribution in [3.63, 3.8) is 0 Å². The molecule has 2 fully saturated rings. The van der Waals surface area contributed by atoms with E-state index in [0.29, 0.717) is 30.3 Å². The van der Waals surface area contributed by atoms with Crippen LogP contribution in [0.5, 0.6) is 0 Å². The quantitative estimate of drug-likeness (QED) is 0.699. The Bertz CT molecular complexity index is 249. The summed E-state index contributed by atoms with van der Waals surface area (Å²) in [4.78, 5) is 14.2. The number of fused-ring (bicyclic) bond motifs is 1. The molecule has 0 heterocycles. The molecule has 2 atom stereocenters. The Hall–Kier alpha value is -0.0900. The van der Waals surface area contributed by atoms with Crippen molar-refractivity contribution in [3.05, 3.63) is 0 Å². The Morgan fingerprint density at radius 2 is 2.06 bits per heavy atom. The van der Waals surface area contributed by atoms with Gasteiger partial charge in [0.15, 0.2) is 0 Å². The van der Waals surface area contributed by atoms with Gasteiger partial charge in [0.05, 0.1) is 6.61 Å². The molecule has 1 amide bonds. The molecule has 92 valence electrons. The molecule has 2 rings (SSSR count). The smallest absolute Gasteiger partial charge is 0.226 e. The summed E-state index contributed by atoms with van der Waals surface area (Å²) in [5.41, 5.74) is 0. The summed E-state index contributed by atoms with van der Waals surface area (Å²) >= 11 is 3.41. The van der Waals surface area contributed by atoms with Crippen molar-refractivity contribution in [1.29, 1.82) is 0 Å². The molecule has 16 heavy (non-hydrogen) atoms. The van der Waals surface area contributed by atoms with Gasteiger partial charge in [-0.2, -0.15) is 0 Å². The van der Waals surface area contributed by atoms with Crippen LogP contribution >= 0.6 is 15.9 Å². The van der Waals surface area contributed by atoms with Gasteiger partial charge in [-0.3, -0.25) is 4.79 Å². The first-order valence-corrected chi connectivity index (χ1v) is 7.25. The van der Waals surface area contributed by atoms with Crippen molar-refractivity contribution in [2.24, 2.45) is 17.8 Å². The molecule has 3 nitrogen and oxygen atoms in total. The van der Waals surface area contributed by atoms with Crippen molar-refractivity contribution < 1.29 is 9.53 Å². The molecule has 2 unspecified atom stereocenters. The maximum atomic E-state index is 12.3. The summed E-state index contributed by atoms with van der Waals surface area (Å²) in [6.45, 7) is 2.18. The monoisotopic (exact) mass is 289 g/mol. The van der Waals surface area contributed by atoms with Crippen molar-refractivity contribution in [1.82, 2.24) is 4.90 Å². The van der Waals surface area contributed by atoms with Crippen molar-refractivity contribution >= 4 is 21.8 Å². The summed E-state index contributed by atoms with van der Waals surface area (Å²) in [5.74, 6) is 2.15. The van der Waals surface area contributed by atoms with Crippen LogP contribution in [0.4, 0.5) is 0 Å². The maximum Gasteiger partial charge on any atom is 0.226 e. The Balaban J connectivity index is 1.85. The van der Waals surface area contributed by atoms with E-state index in [9.17, 15) is 4.79 Å². The molecule has 4 heteroatoms. The first-order valence-electron chi connectivity index (χ1n) is 6.13. The number of amides is 1. The predicted molar refractivity (Wildman–Crippen MR) is 66.6 cm³/mol. The van der Waals surface area contributed by atoms with Gasteiger partial charge in [-0.25, -0.2) is 0 Å². The second-order valence-corrected chi connectivity index (χ2v) is 5.58. The fraction of sp³-hybridized carbons (Fsp3) is 0.917. The normalized spacial score (nSPS) is 31.2. The van der Waals surface area contributed by atoms with Crippen LogP contribution in [-0.4, -0.2) is 42.9 Å². The molecule has 0 aliphatic heterocycles. The van der Waals surface area contributed by atoms with E-state index in [-0.39, 0.29) is 0 Å². The zero-order valence-corrected chi connectivity index (χ0v) is 11.4. The van der Waals surface area contributed by atoms with E-state index in [1.54, 1.807) is 7.11 Å². The zero-order chi connectivity index (χ0) is 11.5. The Labute approximate surface area is 106 Å². The lowest BCUT2D eigenvalue weighted by Crippen LogP contribution is -2.37. The Morgan fingerprint density at radius 1 is 1.38 bits per heavy atom. The lowest BCUT2D eigenvalue weighted by Gasteiger charge is -2.22. The van der Waals surface area contributed by atoms with E-state index in [1.807, 2.05) is 4.90 Å². The highest BCUT2D eigenvalue weighted by Crippen LogP contribution is 2.58. The standard InChI is InChI=1S/C12H20BrNO2/c1-16-8-7-14(6-5-13)12(15)11-9-3-2-4-10(9)11/h9-11H,2-8H2,1H3. The highest BCUT2D eigenvalue weighted by molar-refractivity contribution is 9.09. The minimum atomic E-state index is 0.352. The average Bonchev–Trinajstić information content (AvgIpc) is 2.77. The van der Waals surface area contributed by atoms with Crippen LogP contribution in [0.25, 0.3) is 0 Å². The SMILES string of the molecule is COCCN(CCBr)C(=O)C1C2CCCC21. The molecule has 0 aromatic carbocycles. The number of rotatable bonds is 6. The van der Waals surface area contributed by atoms with E-state index in [0.717, 1.165) is 18.4 Å². The van der Waals surface area contributed by atoms with Crippen LogP contribution in [0.2, 0.25) is 0 Å². The van der Waals surface area contributed by atoms with Crippen LogP contribution < -0.4 is 0 Å². The highest BCUT2D eigenvalue weighted by atomic mass is 79.9. The molecule has 0 aromatic rings. The number of alkyl halides is 1. The van der Waals surface area contributed by atoms with Crippen LogP contribution in [0.15, 0.2) is 0 Å². The topological polar surface area (TPSA) is 29.5 Å². The fourth-order valence-corrected chi connectivity index (χ4v) is 3.46. The third-order valence-electron chi connectivity index (χ3n) is 3.92. The maximum absolute atomic E-state index is 12.3. The van der Waals surface area contributed by atoms with Gasteiger partial charge in [-0.15, -0.1) is 0 Å². The Kier molecular flexibility index (Phi) is 4.25. The summed E-state index contributed by atoms with van der Waals surface area (Å²) in [6.07, 6.45) is 3.87. The largest absolute Gasteiger partial charge is 0.383 e. The van der Waals surface area contributed by atoms with Gasteiger partial charge in [-0.1, -0.05) is 22.4 Å². The molecular formula is C12H20BrNO2. The van der Waals surface area contributed by atoms with E-state index in [2.05, 4.69) is 15.9 Å². The number of nitrogens with zero attached hydrogens (tertiary/aromatic N) is 1. The number of carbonyl (C=O) groups is 1. The van der Waals surface area contributed by atoms with Gasteiger partial charge in [0.2, 0.25) is 5.91 Å². The minimum Gasteiger partial charge on any atom is -0.383 e. The minimum absolute atomic E-state index is 0.352. The van der Waals surface area contributed by atoms with E-state index < -0.39 is 0 Å². The van der Waals surface area contributed by atoms with Gasteiger partial charge in [-0.05, 0) is 24.7 Å². The van der Waals surface area contributed by atoms with Crippen molar-refractivity contribution in [2.75, 3.05) is 32.1 Å². The molecule has 0 bridgehead atoms. The molecule has 2 aliphatic carbocycles. The number of ether oxygens (including phenoxy) is 1. The summed E-state index contributed by atoms with van der Waals surface area (Å²) < 4.78 is 5.05. The number of methoxy groups -OCH3 is 1. The number of halogens is 1. The third-order valence-corrected chi connectivity index (χ3v) is 4.28. The second-order valence-electron chi connectivity index (χ2n) is 4.79.